The summed E-state index contributed by atoms with van der Waals surface area (Å²) in [4.78, 5) is 3.90. The Balaban J connectivity index is 1.75. The van der Waals surface area contributed by atoms with E-state index in [-0.39, 0.29) is 6.54 Å². The highest BCUT2D eigenvalue weighted by atomic mass is 32.2. The van der Waals surface area contributed by atoms with Crippen molar-refractivity contribution in [3.05, 3.63) is 12.2 Å². The molecule has 0 saturated carbocycles. The Hall–Kier alpha value is -1.03. The van der Waals surface area contributed by atoms with Crippen LogP contribution in [0.3, 0.4) is 0 Å². The van der Waals surface area contributed by atoms with Crippen LogP contribution < -0.4 is 10.0 Å². The number of nitrogens with zero attached hydrogens (tertiary/aromatic N) is 3. The van der Waals surface area contributed by atoms with Gasteiger partial charge in [0.25, 0.3) is 10.2 Å². The molecule has 1 aliphatic rings. The van der Waals surface area contributed by atoms with Gasteiger partial charge in [0.05, 0.1) is 6.54 Å². The number of rotatable bonds is 8. The standard InChI is InChI=1S/C12H24N6O2S/c1-2-5-13-8-11-3-6-18(7-4-11)21(19,20)16-9-12-14-10-15-17-12/h10-11,13,16H,2-9H2,1H3,(H,14,15,17). The van der Waals surface area contributed by atoms with Crippen LogP contribution in [0.1, 0.15) is 32.0 Å². The second kappa shape index (κ2) is 7.83. The lowest BCUT2D eigenvalue weighted by Gasteiger charge is -2.31. The lowest BCUT2D eigenvalue weighted by molar-refractivity contribution is 0.265. The van der Waals surface area contributed by atoms with Gasteiger partial charge in [-0.1, -0.05) is 6.92 Å². The normalized spacial score (nSPS) is 18.1. The molecule has 2 rings (SSSR count). The molecule has 1 fully saturated rings. The lowest BCUT2D eigenvalue weighted by atomic mass is 9.98. The van der Waals surface area contributed by atoms with Gasteiger partial charge in [-0.15, -0.1) is 0 Å². The lowest BCUT2D eigenvalue weighted by Crippen LogP contribution is -2.46. The number of hydrogen-bond donors (Lipinski definition) is 3. The van der Waals surface area contributed by atoms with Crippen molar-refractivity contribution in [2.75, 3.05) is 26.2 Å². The second-order valence-electron chi connectivity index (χ2n) is 5.30. The molecule has 0 radical (unpaired) electrons. The van der Waals surface area contributed by atoms with Gasteiger partial charge in [-0.2, -0.15) is 22.5 Å². The van der Waals surface area contributed by atoms with Gasteiger partial charge in [-0.05, 0) is 38.3 Å². The summed E-state index contributed by atoms with van der Waals surface area (Å²) >= 11 is 0. The number of nitrogens with one attached hydrogen (secondary N) is 3. The first-order chi connectivity index (χ1) is 10.1. The molecule has 0 atom stereocenters. The van der Waals surface area contributed by atoms with Gasteiger partial charge >= 0.3 is 0 Å². The molecule has 0 unspecified atom stereocenters. The number of hydrogen-bond acceptors (Lipinski definition) is 5. The number of aromatic nitrogens is 3. The van der Waals surface area contributed by atoms with Gasteiger partial charge in [-0.3, -0.25) is 5.10 Å². The maximum Gasteiger partial charge on any atom is 0.279 e. The van der Waals surface area contributed by atoms with E-state index in [0.717, 1.165) is 32.4 Å². The topological polar surface area (TPSA) is 103 Å². The van der Waals surface area contributed by atoms with Crippen LogP contribution in [-0.2, 0) is 16.8 Å². The molecule has 1 saturated heterocycles. The van der Waals surface area contributed by atoms with Crippen molar-refractivity contribution in [1.29, 1.82) is 0 Å². The van der Waals surface area contributed by atoms with Crippen LogP contribution in [0.4, 0.5) is 0 Å². The Labute approximate surface area is 125 Å². The zero-order valence-electron chi connectivity index (χ0n) is 12.4. The van der Waals surface area contributed by atoms with E-state index in [4.69, 9.17) is 0 Å². The van der Waals surface area contributed by atoms with Crippen LogP contribution in [0, 0.1) is 5.92 Å². The molecule has 0 bridgehead atoms. The summed E-state index contributed by atoms with van der Waals surface area (Å²) in [5.74, 6) is 1.08. The zero-order chi connectivity index (χ0) is 15.1. The predicted molar refractivity (Wildman–Crippen MR) is 79.6 cm³/mol. The van der Waals surface area contributed by atoms with E-state index >= 15 is 0 Å². The van der Waals surface area contributed by atoms with E-state index in [9.17, 15) is 8.42 Å². The molecule has 0 aromatic carbocycles. The molecule has 2 heterocycles. The average Bonchev–Trinajstić information content (AvgIpc) is 3.00. The maximum atomic E-state index is 12.2. The Kier molecular flexibility index (Phi) is 6.09. The second-order valence-corrected chi connectivity index (χ2v) is 7.06. The molecular formula is C12H24N6O2S. The smallest absolute Gasteiger partial charge is 0.279 e. The van der Waals surface area contributed by atoms with Gasteiger partial charge in [0, 0.05) is 13.1 Å². The van der Waals surface area contributed by atoms with E-state index in [1.807, 2.05) is 0 Å². The molecule has 0 spiro atoms. The van der Waals surface area contributed by atoms with Crippen LogP contribution in [0.5, 0.6) is 0 Å². The molecule has 8 nitrogen and oxygen atoms in total. The Bertz CT molecular complexity index is 496. The highest BCUT2D eigenvalue weighted by molar-refractivity contribution is 7.87. The van der Waals surface area contributed by atoms with E-state index in [0.29, 0.717) is 24.8 Å². The number of H-pyrrole nitrogens is 1. The van der Waals surface area contributed by atoms with Crippen molar-refractivity contribution in [1.82, 2.24) is 29.5 Å². The van der Waals surface area contributed by atoms with Crippen LogP contribution >= 0.6 is 0 Å². The third kappa shape index (κ3) is 5.03. The van der Waals surface area contributed by atoms with Gasteiger partial charge < -0.3 is 5.32 Å². The summed E-state index contributed by atoms with van der Waals surface area (Å²) < 4.78 is 28.4. The quantitative estimate of drug-likeness (QED) is 0.579. The third-order valence-corrected chi connectivity index (χ3v) is 5.21. The molecule has 3 N–H and O–H groups in total. The molecular weight excluding hydrogens is 292 g/mol. The summed E-state index contributed by atoms with van der Waals surface area (Å²) in [5, 5.41) is 9.72. The monoisotopic (exact) mass is 316 g/mol. The van der Waals surface area contributed by atoms with Crippen LogP contribution in [-0.4, -0.2) is 54.1 Å². The van der Waals surface area contributed by atoms with Crippen LogP contribution in [0.15, 0.2) is 6.33 Å². The van der Waals surface area contributed by atoms with E-state index < -0.39 is 10.2 Å². The van der Waals surface area contributed by atoms with Crippen molar-refractivity contribution >= 4 is 10.2 Å². The van der Waals surface area contributed by atoms with E-state index in [2.05, 4.69) is 32.1 Å². The van der Waals surface area contributed by atoms with Crippen molar-refractivity contribution in [3.8, 4) is 0 Å². The minimum absolute atomic E-state index is 0.139. The van der Waals surface area contributed by atoms with Crippen LogP contribution in [0.25, 0.3) is 0 Å². The summed E-state index contributed by atoms with van der Waals surface area (Å²) in [5.41, 5.74) is 0. The highest BCUT2D eigenvalue weighted by Gasteiger charge is 2.27. The SMILES string of the molecule is CCCNCC1CCN(S(=O)(=O)NCc2ncn[nH]2)CC1. The first kappa shape index (κ1) is 16.3. The van der Waals surface area contributed by atoms with Crippen molar-refractivity contribution < 1.29 is 8.42 Å². The maximum absolute atomic E-state index is 12.2. The summed E-state index contributed by atoms with van der Waals surface area (Å²) in [6, 6.07) is 0. The Morgan fingerprint density at radius 2 is 2.19 bits per heavy atom. The molecule has 9 heteroatoms. The molecule has 1 aliphatic heterocycles. The number of aromatic amines is 1. The minimum Gasteiger partial charge on any atom is -0.316 e. The third-order valence-electron chi connectivity index (χ3n) is 3.66. The van der Waals surface area contributed by atoms with E-state index in [1.54, 1.807) is 0 Å². The van der Waals surface area contributed by atoms with Crippen molar-refractivity contribution in [2.24, 2.45) is 5.92 Å². The fraction of sp³-hybridized carbons (Fsp3) is 0.833. The van der Waals surface area contributed by atoms with Crippen molar-refractivity contribution in [3.63, 3.8) is 0 Å². The Morgan fingerprint density at radius 1 is 1.43 bits per heavy atom. The highest BCUT2D eigenvalue weighted by Crippen LogP contribution is 2.18. The van der Waals surface area contributed by atoms with Crippen LogP contribution in [0.2, 0.25) is 0 Å². The van der Waals surface area contributed by atoms with Crippen molar-refractivity contribution in [2.45, 2.75) is 32.7 Å². The largest absolute Gasteiger partial charge is 0.316 e. The molecule has 1 aromatic rings. The minimum atomic E-state index is -3.43. The predicted octanol–water partition coefficient (Wildman–Crippen LogP) is -0.149. The van der Waals surface area contributed by atoms with Gasteiger partial charge in [0.1, 0.15) is 12.2 Å². The first-order valence-electron chi connectivity index (χ1n) is 7.41. The zero-order valence-corrected chi connectivity index (χ0v) is 13.2. The van der Waals surface area contributed by atoms with Gasteiger partial charge in [-0.25, -0.2) is 4.98 Å². The fourth-order valence-corrected chi connectivity index (χ4v) is 3.60. The summed E-state index contributed by atoms with van der Waals surface area (Å²) in [7, 11) is -3.43. The fourth-order valence-electron chi connectivity index (χ4n) is 2.40. The molecule has 1 aromatic heterocycles. The number of piperidine rings is 1. The average molecular weight is 316 g/mol. The van der Waals surface area contributed by atoms with E-state index in [1.165, 1.54) is 10.6 Å². The van der Waals surface area contributed by atoms with Gasteiger partial charge in [0.2, 0.25) is 0 Å². The molecule has 0 amide bonds. The van der Waals surface area contributed by atoms with Gasteiger partial charge in [0.15, 0.2) is 0 Å². The molecule has 120 valence electrons. The summed E-state index contributed by atoms with van der Waals surface area (Å²) in [6.45, 7) is 5.43. The Morgan fingerprint density at radius 3 is 2.81 bits per heavy atom. The molecule has 21 heavy (non-hydrogen) atoms. The summed E-state index contributed by atoms with van der Waals surface area (Å²) in [6.07, 6.45) is 4.29. The first-order valence-corrected chi connectivity index (χ1v) is 8.85. The molecule has 0 aliphatic carbocycles.